The first-order chi connectivity index (χ1) is 22.0. The number of nitrogens with zero attached hydrogens (tertiary/aromatic N) is 2. The summed E-state index contributed by atoms with van der Waals surface area (Å²) in [5.41, 5.74) is 4.17. The number of rotatable bonds is 17. The van der Waals surface area contributed by atoms with Gasteiger partial charge in [0, 0.05) is 18.3 Å². The number of aliphatic carboxylic acids is 1. The molecule has 1 saturated carbocycles. The molecular weight excluding hydrogens is 584 g/mol. The van der Waals surface area contributed by atoms with Crippen LogP contribution < -0.4 is 10.7 Å². The summed E-state index contributed by atoms with van der Waals surface area (Å²) in [5.74, 6) is -1.38. The Kier molecular flexibility index (Phi) is 14.9. The third-order valence-electron chi connectivity index (χ3n) is 8.41. The molecule has 0 spiro atoms. The number of aliphatic hydroxyl groups is 1. The summed E-state index contributed by atoms with van der Waals surface area (Å²) < 4.78 is 5.82. The number of carboxylic acid groups (broad SMARTS) is 1. The van der Waals surface area contributed by atoms with Crippen molar-refractivity contribution in [2.24, 2.45) is 5.92 Å². The van der Waals surface area contributed by atoms with Gasteiger partial charge in [-0.2, -0.15) is 0 Å². The lowest BCUT2D eigenvalue weighted by molar-refractivity contribution is -0.143. The van der Waals surface area contributed by atoms with E-state index in [-0.39, 0.29) is 12.8 Å². The number of ether oxygens (including phenoxy) is 1. The Bertz CT molecular complexity index is 1200. The van der Waals surface area contributed by atoms with Crippen molar-refractivity contribution in [1.82, 2.24) is 20.7 Å². The number of aromatic nitrogens is 1. The van der Waals surface area contributed by atoms with Crippen molar-refractivity contribution in [3.63, 3.8) is 0 Å². The van der Waals surface area contributed by atoms with Gasteiger partial charge in [0.25, 0.3) is 0 Å². The number of hydrogen-bond donors (Lipinski definition) is 4. The van der Waals surface area contributed by atoms with Crippen molar-refractivity contribution >= 4 is 18.0 Å². The van der Waals surface area contributed by atoms with E-state index < -0.39 is 47.8 Å². The summed E-state index contributed by atoms with van der Waals surface area (Å²) in [7, 11) is 0. The number of nitrogens with one attached hydrogen (secondary N) is 2. The summed E-state index contributed by atoms with van der Waals surface area (Å²) in [6.45, 7) is 7.11. The fourth-order valence-corrected chi connectivity index (χ4v) is 6.03. The molecule has 10 nitrogen and oxygen atoms in total. The molecule has 4 atom stereocenters. The molecule has 1 aromatic carbocycles. The highest BCUT2D eigenvalue weighted by molar-refractivity contribution is 5.89. The van der Waals surface area contributed by atoms with Gasteiger partial charge >= 0.3 is 12.1 Å². The van der Waals surface area contributed by atoms with Crippen LogP contribution in [0.4, 0.5) is 4.79 Å². The number of carbonyl (C=O) groups is 3. The zero-order valence-corrected chi connectivity index (χ0v) is 28.0. The minimum absolute atomic E-state index is 0.114. The maximum absolute atomic E-state index is 14.0. The van der Waals surface area contributed by atoms with Crippen LogP contribution in [0.25, 0.3) is 0 Å². The Morgan fingerprint density at radius 3 is 2.33 bits per heavy atom. The van der Waals surface area contributed by atoms with Gasteiger partial charge in [0.2, 0.25) is 5.91 Å². The topological polar surface area (TPSA) is 141 Å². The highest BCUT2D eigenvalue weighted by Crippen LogP contribution is 2.29. The minimum Gasteiger partial charge on any atom is -0.480 e. The average molecular weight is 639 g/mol. The number of carbonyl (C=O) groups excluding carboxylic acids is 2. The molecule has 10 heteroatoms. The van der Waals surface area contributed by atoms with Crippen molar-refractivity contribution in [2.45, 2.75) is 135 Å². The first-order valence-electron chi connectivity index (χ1n) is 16.9. The summed E-state index contributed by atoms with van der Waals surface area (Å²) in [6.07, 6.45) is 9.09. The van der Waals surface area contributed by atoms with Crippen LogP contribution >= 0.6 is 0 Å². The van der Waals surface area contributed by atoms with Crippen LogP contribution in [0.15, 0.2) is 54.7 Å². The highest BCUT2D eigenvalue weighted by atomic mass is 16.6. The van der Waals surface area contributed by atoms with Gasteiger partial charge in [-0.1, -0.05) is 81.8 Å². The molecule has 1 aliphatic rings. The van der Waals surface area contributed by atoms with Crippen molar-refractivity contribution in [3.05, 3.63) is 66.0 Å². The molecule has 2 aromatic rings. The smallest absolute Gasteiger partial charge is 0.425 e. The second-order valence-electron chi connectivity index (χ2n) is 13.5. The Morgan fingerprint density at radius 1 is 1.02 bits per heavy atom. The molecule has 3 rings (SSSR count). The van der Waals surface area contributed by atoms with E-state index in [2.05, 4.69) is 15.7 Å². The number of aliphatic hydroxyl groups excluding tert-OH is 1. The number of hydrazine groups is 1. The molecule has 46 heavy (non-hydrogen) atoms. The van der Waals surface area contributed by atoms with E-state index in [0.717, 1.165) is 36.9 Å². The van der Waals surface area contributed by atoms with Crippen LogP contribution in [0.1, 0.15) is 103 Å². The zero-order valence-electron chi connectivity index (χ0n) is 28.0. The van der Waals surface area contributed by atoms with E-state index in [1.807, 2.05) is 55.5 Å². The SMILES string of the molecule is CCC[C@H](NC(=O)[C@H](Cc1ccccc1)N(N[C@@H](CC1CCCCC1)[C@@H](O)CCCc1ccccn1)C(=O)OC(C)(C)C)C(=O)O. The van der Waals surface area contributed by atoms with Gasteiger partial charge < -0.3 is 20.3 Å². The monoisotopic (exact) mass is 638 g/mol. The van der Waals surface area contributed by atoms with Crippen LogP contribution in [-0.2, 0) is 27.2 Å². The Morgan fingerprint density at radius 2 is 1.72 bits per heavy atom. The van der Waals surface area contributed by atoms with Crippen molar-refractivity contribution in [2.75, 3.05) is 0 Å². The fourth-order valence-electron chi connectivity index (χ4n) is 6.03. The van der Waals surface area contributed by atoms with E-state index in [1.165, 1.54) is 11.4 Å². The van der Waals surface area contributed by atoms with Gasteiger partial charge in [0.1, 0.15) is 17.7 Å². The van der Waals surface area contributed by atoms with E-state index in [0.29, 0.717) is 38.0 Å². The van der Waals surface area contributed by atoms with E-state index >= 15 is 0 Å². The number of pyridine rings is 1. The lowest BCUT2D eigenvalue weighted by atomic mass is 9.83. The molecule has 254 valence electrons. The predicted octanol–water partition coefficient (Wildman–Crippen LogP) is 5.83. The molecular formula is C36H54N4O6. The number of benzene rings is 1. The molecule has 0 radical (unpaired) electrons. The largest absolute Gasteiger partial charge is 0.480 e. The molecule has 4 N–H and O–H groups in total. The third-order valence-corrected chi connectivity index (χ3v) is 8.41. The van der Waals surface area contributed by atoms with E-state index in [4.69, 9.17) is 4.74 Å². The number of amides is 2. The van der Waals surface area contributed by atoms with Gasteiger partial charge in [-0.15, -0.1) is 0 Å². The van der Waals surface area contributed by atoms with Crippen molar-refractivity contribution in [1.29, 1.82) is 0 Å². The highest BCUT2D eigenvalue weighted by Gasteiger charge is 2.38. The quantitative estimate of drug-likeness (QED) is 0.159. The number of hydrogen-bond acceptors (Lipinski definition) is 7. The Balaban J connectivity index is 1.95. The molecule has 1 aromatic heterocycles. The lowest BCUT2D eigenvalue weighted by Gasteiger charge is -2.38. The first kappa shape index (κ1) is 37.0. The molecule has 0 aliphatic heterocycles. The number of carboxylic acids is 1. The van der Waals surface area contributed by atoms with Gasteiger partial charge in [-0.25, -0.2) is 20.0 Å². The second kappa shape index (κ2) is 18.6. The second-order valence-corrected chi connectivity index (χ2v) is 13.5. The van der Waals surface area contributed by atoms with Gasteiger partial charge in [-0.05, 0) is 76.5 Å². The first-order valence-corrected chi connectivity index (χ1v) is 16.9. The van der Waals surface area contributed by atoms with Crippen LogP contribution in [0.5, 0.6) is 0 Å². The Hall–Kier alpha value is -3.50. The molecule has 0 bridgehead atoms. The zero-order chi connectivity index (χ0) is 33.5. The molecule has 2 amide bonds. The standard InChI is InChI=1S/C36H54N4O6/c1-5-15-29(34(43)44)38-33(42)31(25-27-18-10-7-11-19-27)40(35(45)46-36(2,3)4)39-30(24-26-16-8-6-9-17-26)32(41)22-14-21-28-20-12-13-23-37-28/h7,10-13,18-20,23,26,29-32,39,41H,5-6,8-9,14-17,21-22,24-25H2,1-4H3,(H,38,42)(H,43,44)/t29-,30-,31-,32-/m0/s1. The van der Waals surface area contributed by atoms with E-state index in [9.17, 15) is 24.6 Å². The Labute approximate surface area is 274 Å². The third kappa shape index (κ3) is 12.7. The van der Waals surface area contributed by atoms with Gasteiger partial charge in [0.05, 0.1) is 12.1 Å². The van der Waals surface area contributed by atoms with Crippen LogP contribution in [0.2, 0.25) is 0 Å². The van der Waals surface area contributed by atoms with E-state index in [1.54, 1.807) is 27.0 Å². The van der Waals surface area contributed by atoms with Crippen LogP contribution in [0.3, 0.4) is 0 Å². The summed E-state index contributed by atoms with van der Waals surface area (Å²) >= 11 is 0. The number of aryl methyl sites for hydroxylation is 1. The van der Waals surface area contributed by atoms with Gasteiger partial charge in [-0.3, -0.25) is 9.78 Å². The lowest BCUT2D eigenvalue weighted by Crippen LogP contribution is -2.63. The summed E-state index contributed by atoms with van der Waals surface area (Å²) in [5, 5.41) is 25.3. The average Bonchev–Trinajstić information content (AvgIpc) is 3.02. The fraction of sp³-hybridized carbons (Fsp3) is 0.611. The minimum atomic E-state index is -1.15. The molecule has 0 saturated heterocycles. The van der Waals surface area contributed by atoms with Crippen LogP contribution in [-0.4, -0.2) is 68.0 Å². The molecule has 0 unspecified atom stereocenters. The maximum Gasteiger partial charge on any atom is 0.425 e. The maximum atomic E-state index is 14.0. The van der Waals surface area contributed by atoms with Crippen molar-refractivity contribution in [3.8, 4) is 0 Å². The molecule has 1 aliphatic carbocycles. The van der Waals surface area contributed by atoms with Crippen molar-refractivity contribution < 1.29 is 29.3 Å². The summed E-state index contributed by atoms with van der Waals surface area (Å²) in [4.78, 5) is 44.3. The summed E-state index contributed by atoms with van der Waals surface area (Å²) in [6, 6.07) is 12.3. The normalized spacial score (nSPS) is 16.5. The van der Waals surface area contributed by atoms with Gasteiger partial charge in [0.15, 0.2) is 0 Å². The molecule has 1 fully saturated rings. The van der Waals surface area contributed by atoms with Crippen LogP contribution in [0, 0.1) is 5.92 Å². The molecule has 1 heterocycles. The predicted molar refractivity (Wildman–Crippen MR) is 178 cm³/mol.